The molecule has 0 aromatic rings. The lowest BCUT2D eigenvalue weighted by atomic mass is 9.53. The van der Waals surface area contributed by atoms with E-state index >= 15 is 0 Å². The quantitative estimate of drug-likeness (QED) is 0.788. The number of nitrogens with zero attached hydrogens (tertiary/aromatic N) is 2. The topological polar surface area (TPSA) is 61.9 Å². The minimum atomic E-state index is 0.0753. The summed E-state index contributed by atoms with van der Waals surface area (Å²) in [6.07, 6.45) is 11.6. The van der Waals surface area contributed by atoms with E-state index in [0.717, 1.165) is 56.5 Å². The molecule has 2 aliphatic heterocycles. The summed E-state index contributed by atoms with van der Waals surface area (Å²) in [4.78, 5) is 29.8. The van der Waals surface area contributed by atoms with Gasteiger partial charge >= 0.3 is 6.03 Å². The fourth-order valence-corrected chi connectivity index (χ4v) is 7.44. The summed E-state index contributed by atoms with van der Waals surface area (Å²) >= 11 is 0. The molecule has 3 amide bonds. The van der Waals surface area contributed by atoms with Crippen molar-refractivity contribution in [2.24, 2.45) is 23.7 Å². The third-order valence-corrected chi connectivity index (χ3v) is 8.61. The van der Waals surface area contributed by atoms with E-state index in [4.69, 9.17) is 4.74 Å². The van der Waals surface area contributed by atoms with Crippen molar-refractivity contribution in [2.75, 3.05) is 33.3 Å². The minimum absolute atomic E-state index is 0.0753. The summed E-state index contributed by atoms with van der Waals surface area (Å²) in [5.41, 5.74) is 0.102. The van der Waals surface area contributed by atoms with Crippen molar-refractivity contribution in [2.45, 2.75) is 75.9 Å². The van der Waals surface area contributed by atoms with Gasteiger partial charge in [-0.3, -0.25) is 4.79 Å². The second kappa shape index (κ2) is 7.75. The average molecular weight is 404 g/mol. The molecule has 6 aliphatic rings. The lowest BCUT2D eigenvalue weighted by molar-refractivity contribution is -0.132. The summed E-state index contributed by atoms with van der Waals surface area (Å²) in [5.74, 6) is 2.89. The summed E-state index contributed by atoms with van der Waals surface area (Å²) in [6, 6.07) is 0.152. The van der Waals surface area contributed by atoms with Crippen LogP contribution in [0.15, 0.2) is 0 Å². The molecule has 6 rings (SSSR count). The number of carbonyl (C=O) groups excluding carboxylic acids is 2. The molecule has 6 nitrogen and oxygen atoms in total. The van der Waals surface area contributed by atoms with Gasteiger partial charge < -0.3 is 19.9 Å². The van der Waals surface area contributed by atoms with Gasteiger partial charge in [-0.2, -0.15) is 0 Å². The molecule has 29 heavy (non-hydrogen) atoms. The number of rotatable bonds is 3. The molecule has 1 N–H and O–H groups in total. The normalized spacial score (nSPS) is 37.8. The van der Waals surface area contributed by atoms with E-state index in [2.05, 4.69) is 5.32 Å². The Morgan fingerprint density at radius 2 is 1.31 bits per heavy atom. The van der Waals surface area contributed by atoms with Gasteiger partial charge in [-0.25, -0.2) is 4.79 Å². The molecular weight excluding hydrogens is 366 g/mol. The number of urea groups is 1. The molecule has 162 valence electrons. The van der Waals surface area contributed by atoms with Crippen molar-refractivity contribution in [3.63, 3.8) is 0 Å². The standard InChI is InChI=1S/C23H37N3O3/c1-29-20-4-8-26(9-5-20)22(28)25-6-2-19(3-7-25)21(27)24-23-13-16-10-17(14-23)12-18(11-16)15-23/h16-20H,2-15H2,1H3,(H,24,27). The Hall–Kier alpha value is -1.30. The van der Waals surface area contributed by atoms with Crippen LogP contribution in [-0.2, 0) is 9.53 Å². The van der Waals surface area contributed by atoms with E-state index in [1.807, 2.05) is 9.80 Å². The fraction of sp³-hybridized carbons (Fsp3) is 0.913. The third-order valence-electron chi connectivity index (χ3n) is 8.61. The van der Waals surface area contributed by atoms with Gasteiger partial charge in [0.25, 0.3) is 0 Å². The third kappa shape index (κ3) is 3.89. The van der Waals surface area contributed by atoms with Crippen LogP contribution in [0.25, 0.3) is 0 Å². The van der Waals surface area contributed by atoms with E-state index in [-0.39, 0.29) is 29.5 Å². The van der Waals surface area contributed by atoms with Crippen LogP contribution < -0.4 is 5.32 Å². The van der Waals surface area contributed by atoms with Crippen molar-refractivity contribution < 1.29 is 14.3 Å². The number of amides is 3. The van der Waals surface area contributed by atoms with Crippen molar-refractivity contribution in [1.82, 2.24) is 15.1 Å². The molecule has 0 spiro atoms. The van der Waals surface area contributed by atoms with E-state index in [1.165, 1.54) is 38.5 Å². The van der Waals surface area contributed by atoms with Gasteiger partial charge in [0.05, 0.1) is 6.10 Å². The van der Waals surface area contributed by atoms with Gasteiger partial charge in [0.2, 0.25) is 5.91 Å². The molecule has 0 unspecified atom stereocenters. The predicted molar refractivity (Wildman–Crippen MR) is 110 cm³/mol. The Morgan fingerprint density at radius 3 is 1.79 bits per heavy atom. The van der Waals surface area contributed by atoms with Crippen LogP contribution in [0.4, 0.5) is 4.79 Å². The average Bonchev–Trinajstić information content (AvgIpc) is 2.72. The number of ether oxygens (including phenoxy) is 1. The largest absolute Gasteiger partial charge is 0.381 e. The van der Waals surface area contributed by atoms with E-state index in [0.29, 0.717) is 13.1 Å². The maximum absolute atomic E-state index is 13.1. The van der Waals surface area contributed by atoms with Gasteiger partial charge in [0, 0.05) is 44.7 Å². The van der Waals surface area contributed by atoms with Crippen LogP contribution in [0.2, 0.25) is 0 Å². The van der Waals surface area contributed by atoms with Crippen molar-refractivity contribution in [3.05, 3.63) is 0 Å². The number of hydrogen-bond acceptors (Lipinski definition) is 3. The maximum atomic E-state index is 13.1. The molecule has 4 bridgehead atoms. The van der Waals surface area contributed by atoms with Crippen LogP contribution in [-0.4, -0.2) is 66.7 Å². The van der Waals surface area contributed by atoms with Crippen LogP contribution in [0, 0.1) is 23.7 Å². The van der Waals surface area contributed by atoms with Gasteiger partial charge in [0.1, 0.15) is 0 Å². The summed E-state index contributed by atoms with van der Waals surface area (Å²) in [7, 11) is 1.75. The highest BCUT2D eigenvalue weighted by Gasteiger charge is 2.52. The monoisotopic (exact) mass is 403 g/mol. The minimum Gasteiger partial charge on any atom is -0.381 e. The molecule has 0 radical (unpaired) electrons. The van der Waals surface area contributed by atoms with Crippen LogP contribution in [0.5, 0.6) is 0 Å². The van der Waals surface area contributed by atoms with Crippen molar-refractivity contribution in [3.8, 4) is 0 Å². The molecular formula is C23H37N3O3. The van der Waals surface area contributed by atoms with Gasteiger partial charge in [-0.15, -0.1) is 0 Å². The second-order valence-electron chi connectivity index (χ2n) is 10.7. The number of likely N-dealkylation sites (tertiary alicyclic amines) is 2. The molecule has 6 heteroatoms. The molecule has 2 heterocycles. The molecule has 0 atom stereocenters. The lowest BCUT2D eigenvalue weighted by Gasteiger charge is -2.57. The SMILES string of the molecule is COC1CCN(C(=O)N2CCC(C(=O)NC34CC5CC(CC(C5)C3)C4)CC2)CC1. The molecule has 4 aliphatic carbocycles. The summed E-state index contributed by atoms with van der Waals surface area (Å²) in [6.45, 7) is 2.98. The van der Waals surface area contributed by atoms with Gasteiger partial charge in [-0.05, 0) is 82.0 Å². The van der Waals surface area contributed by atoms with Gasteiger partial charge in [0.15, 0.2) is 0 Å². The Labute approximate surface area is 174 Å². The molecule has 2 saturated heterocycles. The number of carbonyl (C=O) groups is 2. The zero-order valence-electron chi connectivity index (χ0n) is 17.9. The number of hydrogen-bond donors (Lipinski definition) is 1. The smallest absolute Gasteiger partial charge is 0.320 e. The zero-order valence-corrected chi connectivity index (χ0v) is 17.9. The number of methoxy groups -OCH3 is 1. The molecule has 0 aromatic carbocycles. The first-order chi connectivity index (χ1) is 14.0. The highest BCUT2D eigenvalue weighted by atomic mass is 16.5. The summed E-state index contributed by atoms with van der Waals surface area (Å²) < 4.78 is 5.41. The van der Waals surface area contributed by atoms with Crippen LogP contribution >= 0.6 is 0 Å². The van der Waals surface area contributed by atoms with E-state index in [1.54, 1.807) is 7.11 Å². The highest BCUT2D eigenvalue weighted by Crippen LogP contribution is 2.55. The first-order valence-electron chi connectivity index (χ1n) is 11.9. The molecule has 0 aromatic heterocycles. The first-order valence-corrected chi connectivity index (χ1v) is 11.9. The van der Waals surface area contributed by atoms with Crippen LogP contribution in [0.3, 0.4) is 0 Å². The first kappa shape index (κ1) is 19.7. The van der Waals surface area contributed by atoms with E-state index < -0.39 is 0 Å². The Balaban J connectivity index is 1.11. The van der Waals surface area contributed by atoms with Crippen molar-refractivity contribution >= 4 is 11.9 Å². The predicted octanol–water partition coefficient (Wildman–Crippen LogP) is 3.01. The van der Waals surface area contributed by atoms with Crippen LogP contribution in [0.1, 0.15) is 64.2 Å². The Bertz CT molecular complexity index is 600. The second-order valence-corrected chi connectivity index (χ2v) is 10.7. The number of piperidine rings is 2. The highest BCUT2D eigenvalue weighted by molar-refractivity contribution is 5.80. The summed E-state index contributed by atoms with van der Waals surface area (Å²) in [5, 5.41) is 3.55. The lowest BCUT2D eigenvalue weighted by Crippen LogP contribution is -2.61. The fourth-order valence-electron chi connectivity index (χ4n) is 7.44. The number of nitrogens with one attached hydrogen (secondary N) is 1. The van der Waals surface area contributed by atoms with Crippen molar-refractivity contribution in [1.29, 1.82) is 0 Å². The molecule has 6 fully saturated rings. The van der Waals surface area contributed by atoms with Gasteiger partial charge in [-0.1, -0.05) is 0 Å². The Morgan fingerprint density at radius 1 is 0.828 bits per heavy atom. The Kier molecular flexibility index (Phi) is 5.25. The maximum Gasteiger partial charge on any atom is 0.320 e. The zero-order chi connectivity index (χ0) is 20.0. The molecule has 4 saturated carbocycles. The van der Waals surface area contributed by atoms with E-state index in [9.17, 15) is 9.59 Å².